The number of unbranched alkanes of at least 4 members (excludes halogenated alkanes) is 11. The lowest BCUT2D eigenvalue weighted by Gasteiger charge is -1.98. The molecule has 2 heteroatoms. The van der Waals surface area contributed by atoms with Crippen LogP contribution in [0.1, 0.15) is 103 Å². The van der Waals surface area contributed by atoms with Crippen LogP contribution in [0.4, 0.5) is 0 Å². The number of ether oxygens (including phenoxy) is 1. The number of rotatable bonds is 17. The molecule has 0 aromatic heterocycles. The van der Waals surface area contributed by atoms with Gasteiger partial charge in [-0.05, 0) is 51.4 Å². The van der Waals surface area contributed by atoms with E-state index in [-0.39, 0.29) is 5.97 Å². The Hall–Kier alpha value is -1.05. The van der Waals surface area contributed by atoms with Crippen molar-refractivity contribution in [3.05, 3.63) is 24.3 Å². The van der Waals surface area contributed by atoms with Crippen molar-refractivity contribution in [2.45, 2.75) is 103 Å². The van der Waals surface area contributed by atoms with Crippen LogP contribution in [-0.2, 0) is 9.53 Å². The molecule has 0 rings (SSSR count). The highest BCUT2D eigenvalue weighted by Gasteiger charge is 1.96. The predicted molar refractivity (Wildman–Crippen MR) is 105 cm³/mol. The molecule has 0 atom stereocenters. The summed E-state index contributed by atoms with van der Waals surface area (Å²) in [5, 5.41) is 0. The number of carbonyl (C=O) groups excluding carboxylic acids is 1. The summed E-state index contributed by atoms with van der Waals surface area (Å²) >= 11 is 0. The summed E-state index contributed by atoms with van der Waals surface area (Å²) in [5.74, 6) is -0.103. The third-order valence-corrected chi connectivity index (χ3v) is 4.28. The van der Waals surface area contributed by atoms with Gasteiger partial charge in [-0.2, -0.15) is 0 Å². The standard InChI is InChI=1S/C22H40O2/c1-3-4-5-6-7-8-9-10-11-12-13-14-15-16-17-18-19-20-21-22(23)24-2/h9-10,17-18H,3-8,11-16,19-21H2,1-2H3. The van der Waals surface area contributed by atoms with Gasteiger partial charge in [0, 0.05) is 6.42 Å². The van der Waals surface area contributed by atoms with E-state index in [2.05, 4.69) is 36.0 Å². The fraction of sp³-hybridized carbons (Fsp3) is 0.773. The second-order valence-corrected chi connectivity index (χ2v) is 6.61. The monoisotopic (exact) mass is 336 g/mol. The molecule has 0 aromatic carbocycles. The van der Waals surface area contributed by atoms with E-state index in [9.17, 15) is 4.79 Å². The van der Waals surface area contributed by atoms with Crippen LogP contribution < -0.4 is 0 Å². The van der Waals surface area contributed by atoms with Crippen molar-refractivity contribution in [3.8, 4) is 0 Å². The second kappa shape index (κ2) is 20.0. The Morgan fingerprint density at radius 2 is 1.08 bits per heavy atom. The van der Waals surface area contributed by atoms with Gasteiger partial charge in [0.1, 0.15) is 0 Å². The Kier molecular flexibility index (Phi) is 19.1. The molecule has 0 N–H and O–H groups in total. The van der Waals surface area contributed by atoms with Crippen molar-refractivity contribution in [2.75, 3.05) is 7.11 Å². The molecule has 0 saturated heterocycles. The van der Waals surface area contributed by atoms with Gasteiger partial charge >= 0.3 is 5.97 Å². The van der Waals surface area contributed by atoms with E-state index < -0.39 is 0 Å². The highest BCUT2D eigenvalue weighted by molar-refractivity contribution is 5.68. The van der Waals surface area contributed by atoms with Gasteiger partial charge in [0.25, 0.3) is 0 Å². The van der Waals surface area contributed by atoms with Crippen molar-refractivity contribution in [1.29, 1.82) is 0 Å². The molecular formula is C22H40O2. The number of hydrogen-bond donors (Lipinski definition) is 0. The van der Waals surface area contributed by atoms with Crippen molar-refractivity contribution in [3.63, 3.8) is 0 Å². The molecule has 0 saturated carbocycles. The van der Waals surface area contributed by atoms with Crippen molar-refractivity contribution in [1.82, 2.24) is 0 Å². The van der Waals surface area contributed by atoms with Gasteiger partial charge in [0.15, 0.2) is 0 Å². The van der Waals surface area contributed by atoms with Gasteiger partial charge in [-0.15, -0.1) is 0 Å². The van der Waals surface area contributed by atoms with Crippen LogP contribution in [0.15, 0.2) is 24.3 Å². The van der Waals surface area contributed by atoms with Gasteiger partial charge < -0.3 is 4.74 Å². The van der Waals surface area contributed by atoms with E-state index in [4.69, 9.17) is 0 Å². The zero-order valence-corrected chi connectivity index (χ0v) is 16.2. The quantitative estimate of drug-likeness (QED) is 0.160. The minimum atomic E-state index is -0.103. The summed E-state index contributed by atoms with van der Waals surface area (Å²) < 4.78 is 4.62. The number of methoxy groups -OCH3 is 1. The van der Waals surface area contributed by atoms with E-state index in [1.165, 1.54) is 84.2 Å². The van der Waals surface area contributed by atoms with E-state index >= 15 is 0 Å². The van der Waals surface area contributed by atoms with Crippen molar-refractivity contribution in [2.24, 2.45) is 0 Å². The average molecular weight is 337 g/mol. The molecule has 0 aliphatic carbocycles. The predicted octanol–water partition coefficient (Wildman–Crippen LogP) is 7.14. The molecule has 0 radical (unpaired) electrons. The molecule has 140 valence electrons. The molecule has 0 unspecified atom stereocenters. The maximum absolute atomic E-state index is 10.9. The first-order chi connectivity index (χ1) is 11.8. The summed E-state index contributed by atoms with van der Waals surface area (Å²) in [6.45, 7) is 2.27. The minimum Gasteiger partial charge on any atom is -0.469 e. The second-order valence-electron chi connectivity index (χ2n) is 6.61. The third-order valence-electron chi connectivity index (χ3n) is 4.28. The molecule has 0 spiro atoms. The van der Waals surface area contributed by atoms with Crippen molar-refractivity contribution >= 4 is 5.97 Å². The lowest BCUT2D eigenvalue weighted by atomic mass is 10.1. The van der Waals surface area contributed by atoms with Gasteiger partial charge in [0.05, 0.1) is 7.11 Å². The minimum absolute atomic E-state index is 0.103. The highest BCUT2D eigenvalue weighted by Crippen LogP contribution is 2.09. The molecule has 0 aromatic rings. The molecule has 0 heterocycles. The van der Waals surface area contributed by atoms with Crippen LogP contribution >= 0.6 is 0 Å². The SMILES string of the molecule is CCCCCCCC=CCCCCCCC=CCCCC(=O)OC. The fourth-order valence-corrected chi connectivity index (χ4v) is 2.68. The Morgan fingerprint density at radius 3 is 1.50 bits per heavy atom. The average Bonchev–Trinajstić information content (AvgIpc) is 2.60. The number of carbonyl (C=O) groups is 1. The molecular weight excluding hydrogens is 296 g/mol. The first kappa shape index (κ1) is 22.9. The molecule has 0 aliphatic heterocycles. The lowest BCUT2D eigenvalue weighted by molar-refractivity contribution is -0.140. The molecule has 0 fully saturated rings. The van der Waals surface area contributed by atoms with Crippen LogP contribution in [0.3, 0.4) is 0 Å². The van der Waals surface area contributed by atoms with Gasteiger partial charge in [-0.25, -0.2) is 0 Å². The Balaban J connectivity index is 3.18. The topological polar surface area (TPSA) is 26.3 Å². The number of allylic oxidation sites excluding steroid dienone is 4. The first-order valence-electron chi connectivity index (χ1n) is 10.2. The van der Waals surface area contributed by atoms with Crippen LogP contribution in [0.25, 0.3) is 0 Å². The van der Waals surface area contributed by atoms with Crippen LogP contribution in [-0.4, -0.2) is 13.1 Å². The van der Waals surface area contributed by atoms with Crippen LogP contribution in [0.2, 0.25) is 0 Å². The summed E-state index contributed by atoms with van der Waals surface area (Å²) in [7, 11) is 1.45. The van der Waals surface area contributed by atoms with Gasteiger partial charge in [-0.1, -0.05) is 69.8 Å². The number of esters is 1. The summed E-state index contributed by atoms with van der Waals surface area (Å²) in [6, 6.07) is 0. The summed E-state index contributed by atoms with van der Waals surface area (Å²) in [5.41, 5.74) is 0. The fourth-order valence-electron chi connectivity index (χ4n) is 2.68. The molecule has 0 aliphatic rings. The van der Waals surface area contributed by atoms with Crippen LogP contribution in [0, 0.1) is 0 Å². The molecule has 0 amide bonds. The largest absolute Gasteiger partial charge is 0.469 e. The molecule has 0 bridgehead atoms. The maximum atomic E-state index is 10.9. The molecule has 2 nitrogen and oxygen atoms in total. The first-order valence-corrected chi connectivity index (χ1v) is 10.2. The Morgan fingerprint density at radius 1 is 0.667 bits per heavy atom. The van der Waals surface area contributed by atoms with E-state index in [0.717, 1.165) is 12.8 Å². The normalized spacial score (nSPS) is 11.6. The molecule has 24 heavy (non-hydrogen) atoms. The van der Waals surface area contributed by atoms with E-state index in [1.807, 2.05) is 0 Å². The number of hydrogen-bond acceptors (Lipinski definition) is 2. The zero-order chi connectivity index (χ0) is 17.7. The highest BCUT2D eigenvalue weighted by atomic mass is 16.5. The summed E-state index contributed by atoms with van der Waals surface area (Å²) in [6.07, 6.45) is 27.5. The van der Waals surface area contributed by atoms with Gasteiger partial charge in [0.2, 0.25) is 0 Å². The maximum Gasteiger partial charge on any atom is 0.305 e. The smallest absolute Gasteiger partial charge is 0.305 e. The van der Waals surface area contributed by atoms with E-state index in [0.29, 0.717) is 6.42 Å². The third kappa shape index (κ3) is 19.0. The Labute approximate surface area is 150 Å². The lowest BCUT2D eigenvalue weighted by Crippen LogP contribution is -1.98. The summed E-state index contributed by atoms with van der Waals surface area (Å²) in [4.78, 5) is 10.9. The zero-order valence-electron chi connectivity index (χ0n) is 16.2. The van der Waals surface area contributed by atoms with Crippen molar-refractivity contribution < 1.29 is 9.53 Å². The Bertz CT molecular complexity index is 318. The van der Waals surface area contributed by atoms with E-state index in [1.54, 1.807) is 0 Å². The van der Waals surface area contributed by atoms with Gasteiger partial charge in [-0.3, -0.25) is 4.79 Å². The van der Waals surface area contributed by atoms with Crippen LogP contribution in [0.5, 0.6) is 0 Å².